The SMILES string of the molecule is CCc1cc(OC)ccc1CN1CCC(CN)C1.Cl. The number of hydrogen-bond acceptors (Lipinski definition) is 3. The van der Waals surface area contributed by atoms with Crippen molar-refractivity contribution in [3.8, 4) is 5.75 Å². The fourth-order valence-electron chi connectivity index (χ4n) is 2.70. The average molecular weight is 285 g/mol. The van der Waals surface area contributed by atoms with Crippen LogP contribution < -0.4 is 10.5 Å². The highest BCUT2D eigenvalue weighted by Gasteiger charge is 2.21. The van der Waals surface area contributed by atoms with Gasteiger partial charge in [0.15, 0.2) is 0 Å². The molecule has 1 aliphatic rings. The summed E-state index contributed by atoms with van der Waals surface area (Å²) in [7, 11) is 1.72. The number of nitrogens with zero attached hydrogens (tertiary/aromatic N) is 1. The molecule has 0 spiro atoms. The Morgan fingerprint density at radius 2 is 2.16 bits per heavy atom. The third-order valence-corrected chi connectivity index (χ3v) is 3.89. The van der Waals surface area contributed by atoms with Crippen LogP contribution in [0.5, 0.6) is 5.75 Å². The molecule has 108 valence electrons. The fraction of sp³-hybridized carbons (Fsp3) is 0.600. The van der Waals surface area contributed by atoms with E-state index in [0.29, 0.717) is 5.92 Å². The first-order valence-electron chi connectivity index (χ1n) is 6.85. The molecule has 1 fully saturated rings. The van der Waals surface area contributed by atoms with Gasteiger partial charge in [-0.1, -0.05) is 13.0 Å². The number of likely N-dealkylation sites (tertiary alicyclic amines) is 1. The summed E-state index contributed by atoms with van der Waals surface area (Å²) in [4.78, 5) is 2.51. The molecule has 2 N–H and O–H groups in total. The minimum Gasteiger partial charge on any atom is -0.497 e. The zero-order valence-corrected chi connectivity index (χ0v) is 12.7. The van der Waals surface area contributed by atoms with Crippen LogP contribution >= 0.6 is 12.4 Å². The van der Waals surface area contributed by atoms with Crippen LogP contribution in [0.1, 0.15) is 24.5 Å². The number of methoxy groups -OCH3 is 1. The van der Waals surface area contributed by atoms with Crippen molar-refractivity contribution in [3.63, 3.8) is 0 Å². The Morgan fingerprint density at radius 1 is 1.37 bits per heavy atom. The maximum absolute atomic E-state index is 5.74. The van der Waals surface area contributed by atoms with Crippen LogP contribution in [0.15, 0.2) is 18.2 Å². The van der Waals surface area contributed by atoms with E-state index in [4.69, 9.17) is 10.5 Å². The molecule has 0 amide bonds. The van der Waals surface area contributed by atoms with Crippen molar-refractivity contribution in [3.05, 3.63) is 29.3 Å². The molecular formula is C15H25ClN2O. The second-order valence-electron chi connectivity index (χ2n) is 5.11. The predicted octanol–water partition coefficient (Wildman–Crippen LogP) is 2.46. The fourth-order valence-corrected chi connectivity index (χ4v) is 2.70. The van der Waals surface area contributed by atoms with E-state index in [9.17, 15) is 0 Å². The Labute approximate surface area is 122 Å². The van der Waals surface area contributed by atoms with Crippen LogP contribution in [0.3, 0.4) is 0 Å². The number of ether oxygens (including phenoxy) is 1. The summed E-state index contributed by atoms with van der Waals surface area (Å²) in [5.74, 6) is 1.64. The van der Waals surface area contributed by atoms with Gasteiger partial charge in [0.2, 0.25) is 0 Å². The van der Waals surface area contributed by atoms with Crippen molar-refractivity contribution in [2.45, 2.75) is 26.3 Å². The number of rotatable bonds is 5. The molecule has 0 aromatic heterocycles. The van der Waals surface area contributed by atoms with E-state index in [1.54, 1.807) is 7.11 Å². The minimum atomic E-state index is 0. The number of nitrogens with two attached hydrogens (primary N) is 1. The first-order valence-corrected chi connectivity index (χ1v) is 6.85. The summed E-state index contributed by atoms with van der Waals surface area (Å²) in [6.45, 7) is 6.39. The molecule has 1 aromatic rings. The Balaban J connectivity index is 0.00000180. The molecule has 0 bridgehead atoms. The summed E-state index contributed by atoms with van der Waals surface area (Å²) in [6.07, 6.45) is 2.30. The number of hydrogen-bond donors (Lipinski definition) is 1. The molecule has 0 saturated carbocycles. The highest BCUT2D eigenvalue weighted by molar-refractivity contribution is 5.85. The van der Waals surface area contributed by atoms with Gasteiger partial charge in [0.1, 0.15) is 5.75 Å². The van der Waals surface area contributed by atoms with Gasteiger partial charge < -0.3 is 10.5 Å². The van der Waals surface area contributed by atoms with Crippen LogP contribution in [0.2, 0.25) is 0 Å². The largest absolute Gasteiger partial charge is 0.497 e. The van der Waals surface area contributed by atoms with Gasteiger partial charge in [0.25, 0.3) is 0 Å². The van der Waals surface area contributed by atoms with Crippen LogP contribution in [0.4, 0.5) is 0 Å². The molecule has 3 nitrogen and oxygen atoms in total. The second kappa shape index (κ2) is 7.73. The molecule has 4 heteroatoms. The van der Waals surface area contributed by atoms with E-state index in [-0.39, 0.29) is 12.4 Å². The van der Waals surface area contributed by atoms with Gasteiger partial charge in [-0.15, -0.1) is 12.4 Å². The first kappa shape index (κ1) is 16.3. The van der Waals surface area contributed by atoms with Crippen molar-refractivity contribution in [1.82, 2.24) is 4.90 Å². The van der Waals surface area contributed by atoms with Gasteiger partial charge in [-0.2, -0.15) is 0 Å². The van der Waals surface area contributed by atoms with Crippen molar-refractivity contribution >= 4 is 12.4 Å². The van der Waals surface area contributed by atoms with Gasteiger partial charge in [0.05, 0.1) is 7.11 Å². The molecule has 0 aliphatic carbocycles. The zero-order chi connectivity index (χ0) is 13.0. The topological polar surface area (TPSA) is 38.5 Å². The molecule has 1 saturated heterocycles. The van der Waals surface area contributed by atoms with E-state index in [1.807, 2.05) is 0 Å². The lowest BCUT2D eigenvalue weighted by Crippen LogP contribution is -2.23. The van der Waals surface area contributed by atoms with E-state index >= 15 is 0 Å². The number of benzene rings is 1. The Morgan fingerprint density at radius 3 is 2.74 bits per heavy atom. The lowest BCUT2D eigenvalue weighted by atomic mass is 10.0. The summed E-state index contributed by atoms with van der Waals surface area (Å²) in [5.41, 5.74) is 8.56. The molecular weight excluding hydrogens is 260 g/mol. The lowest BCUT2D eigenvalue weighted by molar-refractivity contribution is 0.316. The molecule has 1 unspecified atom stereocenters. The quantitative estimate of drug-likeness (QED) is 0.903. The van der Waals surface area contributed by atoms with Gasteiger partial charge in [-0.25, -0.2) is 0 Å². The smallest absolute Gasteiger partial charge is 0.119 e. The monoisotopic (exact) mass is 284 g/mol. The molecule has 0 radical (unpaired) electrons. The zero-order valence-electron chi connectivity index (χ0n) is 11.9. The predicted molar refractivity (Wildman–Crippen MR) is 82.1 cm³/mol. The number of halogens is 1. The molecule has 1 atom stereocenters. The van der Waals surface area contributed by atoms with Gasteiger partial charge in [-0.3, -0.25) is 4.90 Å². The van der Waals surface area contributed by atoms with E-state index < -0.39 is 0 Å². The summed E-state index contributed by atoms with van der Waals surface area (Å²) in [5, 5.41) is 0. The van der Waals surface area contributed by atoms with E-state index in [0.717, 1.165) is 31.8 Å². The van der Waals surface area contributed by atoms with Crippen LogP contribution in [0.25, 0.3) is 0 Å². The van der Waals surface area contributed by atoms with Crippen LogP contribution in [-0.2, 0) is 13.0 Å². The van der Waals surface area contributed by atoms with E-state index in [2.05, 4.69) is 30.0 Å². The van der Waals surface area contributed by atoms with Crippen molar-refractivity contribution in [2.75, 3.05) is 26.7 Å². The highest BCUT2D eigenvalue weighted by Crippen LogP contribution is 2.23. The molecule has 1 heterocycles. The summed E-state index contributed by atoms with van der Waals surface area (Å²) < 4.78 is 5.29. The third-order valence-electron chi connectivity index (χ3n) is 3.89. The Hall–Kier alpha value is -0.770. The lowest BCUT2D eigenvalue weighted by Gasteiger charge is -2.18. The van der Waals surface area contributed by atoms with Gasteiger partial charge in [0, 0.05) is 13.1 Å². The van der Waals surface area contributed by atoms with Gasteiger partial charge in [-0.05, 0) is 55.1 Å². The first-order chi connectivity index (χ1) is 8.76. The summed E-state index contributed by atoms with van der Waals surface area (Å²) in [6, 6.07) is 6.42. The minimum absolute atomic E-state index is 0. The molecule has 1 aromatic carbocycles. The highest BCUT2D eigenvalue weighted by atomic mass is 35.5. The normalized spacial score (nSPS) is 19.2. The van der Waals surface area contributed by atoms with Crippen LogP contribution in [0, 0.1) is 5.92 Å². The van der Waals surface area contributed by atoms with E-state index in [1.165, 1.54) is 24.1 Å². The van der Waals surface area contributed by atoms with Gasteiger partial charge >= 0.3 is 0 Å². The van der Waals surface area contributed by atoms with Crippen molar-refractivity contribution < 1.29 is 4.74 Å². The summed E-state index contributed by atoms with van der Waals surface area (Å²) >= 11 is 0. The standard InChI is InChI=1S/C15H24N2O.ClH/c1-3-13-8-15(18-2)5-4-14(13)11-17-7-6-12(9-16)10-17;/h4-5,8,12H,3,6-7,9-11,16H2,1-2H3;1H. The van der Waals surface area contributed by atoms with Crippen molar-refractivity contribution in [2.24, 2.45) is 11.7 Å². The van der Waals surface area contributed by atoms with Crippen LogP contribution in [-0.4, -0.2) is 31.6 Å². The molecule has 2 rings (SSSR count). The van der Waals surface area contributed by atoms with Crippen molar-refractivity contribution in [1.29, 1.82) is 0 Å². The third kappa shape index (κ3) is 4.10. The number of aryl methyl sites for hydroxylation is 1. The molecule has 1 aliphatic heterocycles. The molecule has 19 heavy (non-hydrogen) atoms. The Kier molecular flexibility index (Phi) is 6.63. The Bertz CT molecular complexity index is 398. The maximum Gasteiger partial charge on any atom is 0.119 e. The second-order valence-corrected chi connectivity index (χ2v) is 5.11. The maximum atomic E-state index is 5.74. The average Bonchev–Trinajstić information content (AvgIpc) is 2.87.